The average Bonchev–Trinajstić information content (AvgIpc) is 2.70. The lowest BCUT2D eigenvalue weighted by Gasteiger charge is -2.11. The molecule has 27 heavy (non-hydrogen) atoms. The van der Waals surface area contributed by atoms with Crippen molar-refractivity contribution in [1.82, 2.24) is 9.97 Å². The molecule has 0 aliphatic rings. The molecule has 7 heteroatoms. The lowest BCUT2D eigenvalue weighted by atomic mass is 10.1. The van der Waals surface area contributed by atoms with Gasteiger partial charge in [0.05, 0.1) is 24.9 Å². The number of rotatable bonds is 8. The second-order valence-electron chi connectivity index (χ2n) is 5.74. The van der Waals surface area contributed by atoms with Crippen LogP contribution >= 0.6 is 11.6 Å². The minimum absolute atomic E-state index is 0.549. The van der Waals surface area contributed by atoms with Gasteiger partial charge in [0.1, 0.15) is 5.82 Å². The first kappa shape index (κ1) is 18.8. The predicted molar refractivity (Wildman–Crippen MR) is 109 cm³/mol. The van der Waals surface area contributed by atoms with E-state index in [0.717, 1.165) is 29.2 Å². The molecule has 3 rings (SSSR count). The van der Waals surface area contributed by atoms with Crippen molar-refractivity contribution in [2.45, 2.75) is 6.42 Å². The van der Waals surface area contributed by atoms with E-state index in [-0.39, 0.29) is 0 Å². The van der Waals surface area contributed by atoms with E-state index in [9.17, 15) is 0 Å². The summed E-state index contributed by atoms with van der Waals surface area (Å²) >= 11 is 6.17. The fraction of sp³-hybridized carbons (Fsp3) is 0.200. The second kappa shape index (κ2) is 9.09. The van der Waals surface area contributed by atoms with Gasteiger partial charge in [0.25, 0.3) is 0 Å². The van der Waals surface area contributed by atoms with E-state index in [1.54, 1.807) is 26.5 Å². The predicted octanol–water partition coefficient (Wildman–Crippen LogP) is 4.55. The number of anilines is 3. The lowest BCUT2D eigenvalue weighted by molar-refractivity contribution is 0.354. The molecule has 6 nitrogen and oxygen atoms in total. The van der Waals surface area contributed by atoms with Gasteiger partial charge in [0.15, 0.2) is 11.5 Å². The maximum Gasteiger partial charge on any atom is 0.224 e. The van der Waals surface area contributed by atoms with Crippen LogP contribution in [0.4, 0.5) is 17.5 Å². The molecule has 3 aromatic rings. The maximum atomic E-state index is 6.17. The molecule has 0 unspecified atom stereocenters. The highest BCUT2D eigenvalue weighted by molar-refractivity contribution is 6.33. The van der Waals surface area contributed by atoms with Gasteiger partial charge in [-0.25, -0.2) is 4.98 Å². The number of nitrogens with one attached hydrogen (secondary N) is 2. The Kier molecular flexibility index (Phi) is 6.33. The highest BCUT2D eigenvalue weighted by atomic mass is 35.5. The highest BCUT2D eigenvalue weighted by Gasteiger charge is 2.06. The quantitative estimate of drug-likeness (QED) is 0.594. The molecule has 0 bridgehead atoms. The van der Waals surface area contributed by atoms with Crippen LogP contribution in [0.3, 0.4) is 0 Å². The molecule has 0 aliphatic heterocycles. The fourth-order valence-corrected chi connectivity index (χ4v) is 2.75. The standard InChI is InChI=1S/C20H21ClN4O2/c1-26-17-8-7-14(13-18(17)27-2)9-11-22-20-23-12-10-19(25-20)24-16-6-4-3-5-15(16)21/h3-8,10,12-13H,9,11H2,1-2H3,(H2,22,23,24,25). The van der Waals surface area contributed by atoms with Crippen molar-refractivity contribution >= 4 is 29.1 Å². The summed E-state index contributed by atoms with van der Waals surface area (Å²) in [5.41, 5.74) is 1.93. The van der Waals surface area contributed by atoms with Crippen LogP contribution in [0.15, 0.2) is 54.7 Å². The summed E-state index contributed by atoms with van der Waals surface area (Å²) in [7, 11) is 3.26. The normalized spacial score (nSPS) is 10.3. The summed E-state index contributed by atoms with van der Waals surface area (Å²) in [6.45, 7) is 0.686. The number of nitrogens with zero attached hydrogens (tertiary/aromatic N) is 2. The van der Waals surface area contributed by atoms with Crippen LogP contribution in [0.5, 0.6) is 11.5 Å². The van der Waals surface area contributed by atoms with Crippen LogP contribution in [0, 0.1) is 0 Å². The molecule has 2 N–H and O–H groups in total. The first-order valence-corrected chi connectivity index (χ1v) is 8.87. The van der Waals surface area contributed by atoms with Gasteiger partial charge in [0, 0.05) is 12.7 Å². The van der Waals surface area contributed by atoms with E-state index in [0.29, 0.717) is 23.3 Å². The zero-order valence-corrected chi connectivity index (χ0v) is 16.0. The number of halogens is 1. The Morgan fingerprint density at radius 3 is 2.59 bits per heavy atom. The van der Waals surface area contributed by atoms with Crippen LogP contribution in [0.25, 0.3) is 0 Å². The summed E-state index contributed by atoms with van der Waals surface area (Å²) in [6, 6.07) is 15.2. The second-order valence-corrected chi connectivity index (χ2v) is 6.14. The van der Waals surface area contributed by atoms with E-state index in [1.165, 1.54) is 0 Å². The first-order valence-electron chi connectivity index (χ1n) is 8.49. The van der Waals surface area contributed by atoms with E-state index in [1.807, 2.05) is 42.5 Å². The first-order chi connectivity index (χ1) is 13.2. The number of hydrogen-bond acceptors (Lipinski definition) is 6. The summed E-state index contributed by atoms with van der Waals surface area (Å²) in [4.78, 5) is 8.72. The minimum Gasteiger partial charge on any atom is -0.493 e. The van der Waals surface area contributed by atoms with Crippen molar-refractivity contribution < 1.29 is 9.47 Å². The number of hydrogen-bond donors (Lipinski definition) is 2. The minimum atomic E-state index is 0.549. The molecule has 0 spiro atoms. The van der Waals surface area contributed by atoms with Crippen LogP contribution in [0.2, 0.25) is 5.02 Å². The zero-order valence-electron chi connectivity index (χ0n) is 15.2. The molecular weight excluding hydrogens is 364 g/mol. The van der Waals surface area contributed by atoms with E-state index >= 15 is 0 Å². The molecule has 1 heterocycles. The Morgan fingerprint density at radius 1 is 1.00 bits per heavy atom. The molecule has 0 atom stereocenters. The molecule has 1 aromatic heterocycles. The topological polar surface area (TPSA) is 68.3 Å². The van der Waals surface area contributed by atoms with Crippen molar-refractivity contribution in [2.24, 2.45) is 0 Å². The van der Waals surface area contributed by atoms with E-state index < -0.39 is 0 Å². The lowest BCUT2D eigenvalue weighted by Crippen LogP contribution is -2.09. The third-order valence-electron chi connectivity index (χ3n) is 3.94. The van der Waals surface area contributed by atoms with Gasteiger partial charge < -0.3 is 20.1 Å². The van der Waals surface area contributed by atoms with Crippen LogP contribution in [-0.2, 0) is 6.42 Å². The molecule has 0 saturated carbocycles. The number of ether oxygens (including phenoxy) is 2. The molecule has 140 valence electrons. The van der Waals surface area contributed by atoms with Crippen molar-refractivity contribution in [3.8, 4) is 11.5 Å². The van der Waals surface area contributed by atoms with Gasteiger partial charge in [-0.3, -0.25) is 0 Å². The summed E-state index contributed by atoms with van der Waals surface area (Å²) < 4.78 is 10.6. The zero-order chi connectivity index (χ0) is 19.1. The smallest absolute Gasteiger partial charge is 0.224 e. The number of benzene rings is 2. The van der Waals surface area contributed by atoms with Gasteiger partial charge in [-0.2, -0.15) is 4.98 Å². The molecular formula is C20H21ClN4O2. The monoisotopic (exact) mass is 384 g/mol. The van der Waals surface area contributed by atoms with E-state index in [2.05, 4.69) is 20.6 Å². The van der Waals surface area contributed by atoms with Crippen LogP contribution in [0.1, 0.15) is 5.56 Å². The number of aromatic nitrogens is 2. The summed E-state index contributed by atoms with van der Waals surface area (Å²) in [5, 5.41) is 7.07. The average molecular weight is 385 g/mol. The van der Waals surface area contributed by atoms with Crippen molar-refractivity contribution in [3.05, 3.63) is 65.3 Å². The third-order valence-corrected chi connectivity index (χ3v) is 4.27. The Morgan fingerprint density at radius 2 is 1.81 bits per heavy atom. The Hall–Kier alpha value is -2.99. The molecule has 2 aromatic carbocycles. The molecule has 0 fully saturated rings. The Balaban J connectivity index is 1.60. The highest BCUT2D eigenvalue weighted by Crippen LogP contribution is 2.27. The van der Waals surface area contributed by atoms with E-state index in [4.69, 9.17) is 21.1 Å². The van der Waals surface area contributed by atoms with Crippen LogP contribution in [-0.4, -0.2) is 30.7 Å². The van der Waals surface area contributed by atoms with Gasteiger partial charge in [-0.15, -0.1) is 0 Å². The fourth-order valence-electron chi connectivity index (χ4n) is 2.57. The van der Waals surface area contributed by atoms with Crippen LogP contribution < -0.4 is 20.1 Å². The van der Waals surface area contributed by atoms with Gasteiger partial charge >= 0.3 is 0 Å². The van der Waals surface area contributed by atoms with Gasteiger partial charge in [0.2, 0.25) is 5.95 Å². The van der Waals surface area contributed by atoms with Gasteiger partial charge in [-0.1, -0.05) is 29.8 Å². The Labute approximate surface area is 163 Å². The van der Waals surface area contributed by atoms with Crippen molar-refractivity contribution in [2.75, 3.05) is 31.4 Å². The number of methoxy groups -OCH3 is 2. The molecule has 0 amide bonds. The van der Waals surface area contributed by atoms with Gasteiger partial charge in [-0.05, 0) is 42.3 Å². The summed E-state index contributed by atoms with van der Waals surface area (Å²) in [6.07, 6.45) is 2.50. The number of para-hydroxylation sites is 1. The third kappa shape index (κ3) is 5.01. The molecule has 0 radical (unpaired) electrons. The maximum absolute atomic E-state index is 6.17. The van der Waals surface area contributed by atoms with Crippen molar-refractivity contribution in [3.63, 3.8) is 0 Å². The van der Waals surface area contributed by atoms with Crippen molar-refractivity contribution in [1.29, 1.82) is 0 Å². The molecule has 0 saturated heterocycles. The Bertz CT molecular complexity index is 905. The largest absolute Gasteiger partial charge is 0.493 e. The summed E-state index contributed by atoms with van der Waals surface area (Å²) in [5.74, 6) is 2.66. The SMILES string of the molecule is COc1ccc(CCNc2nccc(Nc3ccccc3Cl)n2)cc1OC. The molecule has 0 aliphatic carbocycles.